The van der Waals surface area contributed by atoms with Crippen LogP contribution in [0.15, 0.2) is 48.8 Å². The van der Waals surface area contributed by atoms with Crippen LogP contribution in [0.1, 0.15) is 11.1 Å². The predicted octanol–water partition coefficient (Wildman–Crippen LogP) is 3.46. The number of aromatic nitrogens is 3. The van der Waals surface area contributed by atoms with Crippen LogP contribution in [0.4, 0.5) is 11.6 Å². The first-order valence-electron chi connectivity index (χ1n) is 8.32. The van der Waals surface area contributed by atoms with E-state index in [1.807, 2.05) is 24.3 Å². The van der Waals surface area contributed by atoms with Gasteiger partial charge in [0.2, 0.25) is 5.95 Å². The van der Waals surface area contributed by atoms with E-state index in [4.69, 9.17) is 21.7 Å². The molecule has 0 spiro atoms. The summed E-state index contributed by atoms with van der Waals surface area (Å²) in [5, 5.41) is 10.8. The van der Waals surface area contributed by atoms with Gasteiger partial charge in [0.25, 0.3) is 0 Å². The Morgan fingerprint density at radius 3 is 2.44 bits per heavy atom. The third-order valence-corrected chi connectivity index (χ3v) is 4.17. The lowest BCUT2D eigenvalue weighted by molar-refractivity contribution is 0.395. The molecular formula is C19H21N5O2S. The summed E-state index contributed by atoms with van der Waals surface area (Å²) in [4.78, 5) is 4.25. The molecule has 0 aliphatic heterocycles. The second kappa shape index (κ2) is 8.50. The Bertz CT molecular complexity index is 919. The number of nitrogens with one attached hydrogen (secondary N) is 2. The van der Waals surface area contributed by atoms with Gasteiger partial charge in [0.1, 0.15) is 17.8 Å². The summed E-state index contributed by atoms with van der Waals surface area (Å²) in [5.41, 5.74) is 3.15. The van der Waals surface area contributed by atoms with E-state index in [0.717, 1.165) is 5.69 Å². The van der Waals surface area contributed by atoms with E-state index in [2.05, 4.69) is 39.8 Å². The van der Waals surface area contributed by atoms with Gasteiger partial charge in [-0.1, -0.05) is 24.3 Å². The monoisotopic (exact) mass is 383 g/mol. The van der Waals surface area contributed by atoms with Crippen LogP contribution >= 0.6 is 12.2 Å². The number of hydrogen-bond acceptors (Lipinski definition) is 5. The van der Waals surface area contributed by atoms with E-state index in [0.29, 0.717) is 29.1 Å². The molecule has 27 heavy (non-hydrogen) atoms. The minimum absolute atomic E-state index is 0.374. The summed E-state index contributed by atoms with van der Waals surface area (Å²) < 4.78 is 12.3. The van der Waals surface area contributed by atoms with Crippen LogP contribution in [0.2, 0.25) is 0 Å². The van der Waals surface area contributed by atoms with Crippen molar-refractivity contribution in [2.45, 2.75) is 13.5 Å². The molecule has 2 N–H and O–H groups in total. The van der Waals surface area contributed by atoms with E-state index in [1.165, 1.54) is 11.1 Å². The SMILES string of the molecule is COc1cc(NC(=S)Nc2ncn(Cc3ccccc3C)n2)cc(OC)c1. The summed E-state index contributed by atoms with van der Waals surface area (Å²) >= 11 is 5.34. The zero-order chi connectivity index (χ0) is 19.2. The number of methoxy groups -OCH3 is 2. The molecular weight excluding hydrogens is 362 g/mol. The summed E-state index contributed by atoms with van der Waals surface area (Å²) in [5.74, 6) is 1.76. The molecule has 0 saturated heterocycles. The molecule has 0 saturated carbocycles. The van der Waals surface area contributed by atoms with Gasteiger partial charge in [-0.15, -0.1) is 5.10 Å². The smallest absolute Gasteiger partial charge is 0.248 e. The van der Waals surface area contributed by atoms with Crippen LogP contribution in [0.25, 0.3) is 0 Å². The molecule has 2 aromatic carbocycles. The van der Waals surface area contributed by atoms with Crippen molar-refractivity contribution in [3.63, 3.8) is 0 Å². The predicted molar refractivity (Wildman–Crippen MR) is 110 cm³/mol. The van der Waals surface area contributed by atoms with Crippen LogP contribution in [-0.4, -0.2) is 34.1 Å². The van der Waals surface area contributed by atoms with E-state index in [9.17, 15) is 0 Å². The average molecular weight is 383 g/mol. The van der Waals surface area contributed by atoms with E-state index < -0.39 is 0 Å². The largest absolute Gasteiger partial charge is 0.497 e. The minimum atomic E-state index is 0.374. The topological polar surface area (TPSA) is 73.2 Å². The van der Waals surface area contributed by atoms with E-state index >= 15 is 0 Å². The van der Waals surface area contributed by atoms with Gasteiger partial charge in [0.05, 0.1) is 20.8 Å². The molecule has 0 aliphatic carbocycles. The fourth-order valence-corrected chi connectivity index (χ4v) is 2.74. The summed E-state index contributed by atoms with van der Waals surface area (Å²) in [7, 11) is 3.19. The van der Waals surface area contributed by atoms with Gasteiger partial charge in [0, 0.05) is 23.9 Å². The van der Waals surface area contributed by atoms with Crippen LogP contribution < -0.4 is 20.1 Å². The Hall–Kier alpha value is -3.13. The van der Waals surface area contributed by atoms with Crippen molar-refractivity contribution in [1.29, 1.82) is 0 Å². The van der Waals surface area contributed by atoms with Gasteiger partial charge in [-0.25, -0.2) is 9.67 Å². The normalized spacial score (nSPS) is 10.3. The Balaban J connectivity index is 1.63. The second-order valence-corrected chi connectivity index (χ2v) is 6.28. The van der Waals surface area contributed by atoms with Crippen molar-refractivity contribution in [3.8, 4) is 11.5 Å². The molecule has 0 bridgehead atoms. The Morgan fingerprint density at radius 1 is 1.07 bits per heavy atom. The third kappa shape index (κ3) is 4.95. The summed E-state index contributed by atoms with van der Waals surface area (Å²) in [6.45, 7) is 2.72. The Morgan fingerprint density at radius 2 is 1.78 bits per heavy atom. The molecule has 0 fully saturated rings. The van der Waals surface area contributed by atoms with Gasteiger partial charge in [-0.05, 0) is 30.3 Å². The first-order chi connectivity index (χ1) is 13.1. The molecule has 8 heteroatoms. The van der Waals surface area contributed by atoms with Crippen LogP contribution in [0, 0.1) is 6.92 Å². The number of anilines is 2. The molecule has 7 nitrogen and oxygen atoms in total. The zero-order valence-electron chi connectivity index (χ0n) is 15.4. The lowest BCUT2D eigenvalue weighted by Gasteiger charge is -2.11. The number of benzene rings is 2. The minimum Gasteiger partial charge on any atom is -0.497 e. The van der Waals surface area contributed by atoms with Gasteiger partial charge in [0.15, 0.2) is 5.11 Å². The molecule has 140 valence electrons. The van der Waals surface area contributed by atoms with Gasteiger partial charge in [-0.3, -0.25) is 5.32 Å². The van der Waals surface area contributed by atoms with Crippen molar-refractivity contribution < 1.29 is 9.47 Å². The standard InChI is InChI=1S/C19H21N5O2S/c1-13-6-4-5-7-14(13)11-24-12-20-18(23-24)22-19(27)21-15-8-16(25-2)10-17(9-15)26-3/h4-10,12H,11H2,1-3H3,(H2,21,22,23,27). The fraction of sp³-hybridized carbons (Fsp3) is 0.211. The van der Waals surface area contributed by atoms with Crippen molar-refractivity contribution in [1.82, 2.24) is 14.8 Å². The maximum atomic E-state index is 5.34. The number of thiocarbonyl (C=S) groups is 1. The highest BCUT2D eigenvalue weighted by Gasteiger charge is 2.07. The lowest BCUT2D eigenvalue weighted by atomic mass is 10.1. The fourth-order valence-electron chi connectivity index (χ4n) is 2.53. The van der Waals surface area contributed by atoms with Gasteiger partial charge < -0.3 is 14.8 Å². The highest BCUT2D eigenvalue weighted by atomic mass is 32.1. The number of nitrogens with zero attached hydrogens (tertiary/aromatic N) is 3. The molecule has 3 rings (SSSR count). The van der Waals surface area contributed by atoms with Gasteiger partial charge >= 0.3 is 0 Å². The van der Waals surface area contributed by atoms with Gasteiger partial charge in [-0.2, -0.15) is 0 Å². The molecule has 3 aromatic rings. The number of rotatable bonds is 6. The maximum Gasteiger partial charge on any atom is 0.248 e. The number of hydrogen-bond donors (Lipinski definition) is 2. The van der Waals surface area contributed by atoms with Crippen LogP contribution in [-0.2, 0) is 6.54 Å². The summed E-state index contributed by atoms with van der Waals surface area (Å²) in [6, 6.07) is 13.6. The number of ether oxygens (including phenoxy) is 2. The van der Waals surface area contributed by atoms with Crippen LogP contribution in [0.3, 0.4) is 0 Å². The first-order valence-corrected chi connectivity index (χ1v) is 8.73. The number of aryl methyl sites for hydroxylation is 1. The lowest BCUT2D eigenvalue weighted by Crippen LogP contribution is -2.20. The Labute approximate surface area is 163 Å². The first kappa shape index (κ1) is 18.7. The molecule has 0 aliphatic rings. The molecule has 0 radical (unpaired) electrons. The molecule has 0 unspecified atom stereocenters. The van der Waals surface area contributed by atoms with Crippen molar-refractivity contribution in [3.05, 3.63) is 59.9 Å². The molecule has 1 aromatic heterocycles. The van der Waals surface area contributed by atoms with E-state index in [-0.39, 0.29) is 0 Å². The van der Waals surface area contributed by atoms with Crippen LogP contribution in [0.5, 0.6) is 11.5 Å². The van der Waals surface area contributed by atoms with Crippen molar-refractivity contribution >= 4 is 29.0 Å². The molecule has 1 heterocycles. The highest BCUT2D eigenvalue weighted by molar-refractivity contribution is 7.80. The molecule has 0 amide bonds. The third-order valence-electron chi connectivity index (χ3n) is 3.96. The maximum absolute atomic E-state index is 5.34. The van der Waals surface area contributed by atoms with Crippen molar-refractivity contribution in [2.75, 3.05) is 24.9 Å². The summed E-state index contributed by atoms with van der Waals surface area (Å²) in [6.07, 6.45) is 1.67. The molecule has 0 atom stereocenters. The van der Waals surface area contributed by atoms with Crippen molar-refractivity contribution in [2.24, 2.45) is 0 Å². The quantitative estimate of drug-likeness (QED) is 0.632. The Kier molecular flexibility index (Phi) is 5.87. The average Bonchev–Trinajstić information content (AvgIpc) is 3.09. The highest BCUT2D eigenvalue weighted by Crippen LogP contribution is 2.25. The second-order valence-electron chi connectivity index (χ2n) is 5.87. The zero-order valence-corrected chi connectivity index (χ0v) is 16.2. The van der Waals surface area contributed by atoms with E-state index in [1.54, 1.807) is 31.3 Å².